The van der Waals surface area contributed by atoms with E-state index in [1.165, 1.54) is 12.8 Å². The average Bonchev–Trinajstić information content (AvgIpc) is 2.81. The van der Waals surface area contributed by atoms with Gasteiger partial charge >= 0.3 is 0 Å². The molecule has 1 saturated heterocycles. The third kappa shape index (κ3) is 2.05. The Morgan fingerprint density at radius 1 is 1.27 bits per heavy atom. The van der Waals surface area contributed by atoms with Gasteiger partial charge in [-0.3, -0.25) is 0 Å². The maximum Gasteiger partial charge on any atom is 0.0989 e. The second-order valence-electron chi connectivity index (χ2n) is 3.93. The van der Waals surface area contributed by atoms with Crippen LogP contribution in [0.2, 0.25) is 0 Å². The standard InChI is InChI=1S/C13H17NO/c1-2-13(15)11-7-3-4-8-12(11)14-9-5-6-10-14/h2-4,7-8,13,15H,1,5-6,9-10H2. The molecule has 0 bridgehead atoms. The number of benzene rings is 1. The Kier molecular flexibility index (Phi) is 3.07. The van der Waals surface area contributed by atoms with Crippen molar-refractivity contribution in [2.75, 3.05) is 18.0 Å². The second kappa shape index (κ2) is 4.49. The first-order valence-electron chi connectivity index (χ1n) is 5.47. The minimum Gasteiger partial charge on any atom is -0.384 e. The monoisotopic (exact) mass is 203 g/mol. The summed E-state index contributed by atoms with van der Waals surface area (Å²) in [5, 5.41) is 9.83. The van der Waals surface area contributed by atoms with E-state index in [1.807, 2.05) is 18.2 Å². The molecule has 1 unspecified atom stereocenters. The van der Waals surface area contributed by atoms with Gasteiger partial charge in [-0.2, -0.15) is 0 Å². The van der Waals surface area contributed by atoms with Crippen LogP contribution < -0.4 is 4.90 Å². The van der Waals surface area contributed by atoms with Crippen molar-refractivity contribution in [1.82, 2.24) is 0 Å². The molecule has 0 radical (unpaired) electrons. The van der Waals surface area contributed by atoms with Gasteiger partial charge in [0.2, 0.25) is 0 Å². The molecule has 2 heteroatoms. The lowest BCUT2D eigenvalue weighted by Crippen LogP contribution is -2.19. The van der Waals surface area contributed by atoms with Crippen LogP contribution in [0.15, 0.2) is 36.9 Å². The first-order chi connectivity index (χ1) is 7.33. The van der Waals surface area contributed by atoms with Gasteiger partial charge in [-0.1, -0.05) is 24.3 Å². The van der Waals surface area contributed by atoms with E-state index in [1.54, 1.807) is 6.08 Å². The van der Waals surface area contributed by atoms with Crippen molar-refractivity contribution in [1.29, 1.82) is 0 Å². The summed E-state index contributed by atoms with van der Waals surface area (Å²) < 4.78 is 0. The summed E-state index contributed by atoms with van der Waals surface area (Å²) in [4.78, 5) is 2.34. The molecule has 1 N–H and O–H groups in total. The lowest BCUT2D eigenvalue weighted by molar-refractivity contribution is 0.229. The van der Waals surface area contributed by atoms with Crippen LogP contribution >= 0.6 is 0 Å². The number of aliphatic hydroxyl groups excluding tert-OH is 1. The Hall–Kier alpha value is -1.28. The molecule has 1 atom stereocenters. The summed E-state index contributed by atoms with van der Waals surface area (Å²) in [7, 11) is 0. The summed E-state index contributed by atoms with van der Waals surface area (Å²) in [6.07, 6.45) is 3.52. The largest absolute Gasteiger partial charge is 0.384 e. The minimum absolute atomic E-state index is 0.554. The molecule has 2 nitrogen and oxygen atoms in total. The molecular weight excluding hydrogens is 186 g/mol. The summed E-state index contributed by atoms with van der Waals surface area (Å²) in [6, 6.07) is 8.03. The minimum atomic E-state index is -0.554. The van der Waals surface area contributed by atoms with Crippen LogP contribution in [-0.2, 0) is 0 Å². The van der Waals surface area contributed by atoms with E-state index >= 15 is 0 Å². The molecule has 1 aliphatic heterocycles. The maximum absolute atomic E-state index is 9.83. The Labute approximate surface area is 90.8 Å². The molecule has 1 aliphatic rings. The molecule has 1 heterocycles. The molecule has 15 heavy (non-hydrogen) atoms. The van der Waals surface area contributed by atoms with Crippen molar-refractivity contribution >= 4 is 5.69 Å². The van der Waals surface area contributed by atoms with E-state index in [-0.39, 0.29) is 0 Å². The highest BCUT2D eigenvalue weighted by molar-refractivity contribution is 5.55. The van der Waals surface area contributed by atoms with Crippen molar-refractivity contribution in [2.24, 2.45) is 0 Å². The van der Waals surface area contributed by atoms with Crippen molar-refractivity contribution in [3.8, 4) is 0 Å². The fraction of sp³-hybridized carbons (Fsp3) is 0.385. The van der Waals surface area contributed by atoms with E-state index in [0.717, 1.165) is 24.3 Å². The van der Waals surface area contributed by atoms with E-state index in [2.05, 4.69) is 17.5 Å². The van der Waals surface area contributed by atoms with Crippen molar-refractivity contribution in [3.05, 3.63) is 42.5 Å². The van der Waals surface area contributed by atoms with Crippen LogP contribution in [0.3, 0.4) is 0 Å². The van der Waals surface area contributed by atoms with Gasteiger partial charge < -0.3 is 10.0 Å². The van der Waals surface area contributed by atoms with Gasteiger partial charge in [0.1, 0.15) is 0 Å². The normalized spacial score (nSPS) is 17.8. The molecule has 0 aromatic heterocycles. The zero-order valence-electron chi connectivity index (χ0n) is 8.89. The van der Waals surface area contributed by atoms with Crippen molar-refractivity contribution in [2.45, 2.75) is 18.9 Å². The highest BCUT2D eigenvalue weighted by Gasteiger charge is 2.17. The number of aliphatic hydroxyl groups is 1. The van der Waals surface area contributed by atoms with Gasteiger partial charge in [0, 0.05) is 24.3 Å². The number of anilines is 1. The molecule has 0 saturated carbocycles. The fourth-order valence-corrected chi connectivity index (χ4v) is 2.11. The number of hydrogen-bond acceptors (Lipinski definition) is 2. The Morgan fingerprint density at radius 3 is 2.60 bits per heavy atom. The lowest BCUT2D eigenvalue weighted by Gasteiger charge is -2.22. The molecule has 0 aliphatic carbocycles. The predicted molar refractivity (Wildman–Crippen MR) is 63.0 cm³/mol. The molecule has 0 spiro atoms. The predicted octanol–water partition coefficient (Wildman–Crippen LogP) is 2.51. The van der Waals surface area contributed by atoms with Crippen LogP contribution in [0.5, 0.6) is 0 Å². The molecule has 1 aromatic carbocycles. The Morgan fingerprint density at radius 2 is 1.93 bits per heavy atom. The van der Waals surface area contributed by atoms with Gasteiger partial charge in [-0.05, 0) is 18.9 Å². The van der Waals surface area contributed by atoms with Crippen LogP contribution in [0.4, 0.5) is 5.69 Å². The topological polar surface area (TPSA) is 23.5 Å². The van der Waals surface area contributed by atoms with Crippen LogP contribution in [0.1, 0.15) is 24.5 Å². The summed E-state index contributed by atoms with van der Waals surface area (Å²) >= 11 is 0. The quantitative estimate of drug-likeness (QED) is 0.763. The highest BCUT2D eigenvalue weighted by atomic mass is 16.3. The average molecular weight is 203 g/mol. The van der Waals surface area contributed by atoms with Crippen molar-refractivity contribution < 1.29 is 5.11 Å². The number of nitrogens with zero attached hydrogens (tertiary/aromatic N) is 1. The smallest absolute Gasteiger partial charge is 0.0989 e. The SMILES string of the molecule is C=CC(O)c1ccccc1N1CCCC1. The van der Waals surface area contributed by atoms with Crippen molar-refractivity contribution in [3.63, 3.8) is 0 Å². The lowest BCUT2D eigenvalue weighted by atomic mass is 10.1. The Balaban J connectivity index is 2.32. The van der Waals surface area contributed by atoms with Crippen LogP contribution in [0.25, 0.3) is 0 Å². The van der Waals surface area contributed by atoms with E-state index in [0.29, 0.717) is 0 Å². The highest BCUT2D eigenvalue weighted by Crippen LogP contribution is 2.29. The number of hydrogen-bond donors (Lipinski definition) is 1. The first-order valence-corrected chi connectivity index (χ1v) is 5.47. The van der Waals surface area contributed by atoms with Crippen LogP contribution in [-0.4, -0.2) is 18.2 Å². The summed E-state index contributed by atoms with van der Waals surface area (Å²) in [5.74, 6) is 0. The van der Waals surface area contributed by atoms with Gasteiger partial charge in [-0.25, -0.2) is 0 Å². The van der Waals surface area contributed by atoms with E-state index in [9.17, 15) is 5.11 Å². The third-order valence-electron chi connectivity index (χ3n) is 2.93. The molecule has 0 amide bonds. The second-order valence-corrected chi connectivity index (χ2v) is 3.93. The van der Waals surface area contributed by atoms with Gasteiger partial charge in [-0.15, -0.1) is 6.58 Å². The molecular formula is C13H17NO. The van der Waals surface area contributed by atoms with Gasteiger partial charge in [0.25, 0.3) is 0 Å². The fourth-order valence-electron chi connectivity index (χ4n) is 2.11. The summed E-state index contributed by atoms with van der Waals surface area (Å²) in [6.45, 7) is 5.83. The molecule has 1 fully saturated rings. The zero-order chi connectivity index (χ0) is 10.7. The van der Waals surface area contributed by atoms with Crippen LogP contribution in [0, 0.1) is 0 Å². The van der Waals surface area contributed by atoms with Gasteiger partial charge in [0.05, 0.1) is 6.10 Å². The van der Waals surface area contributed by atoms with E-state index in [4.69, 9.17) is 0 Å². The summed E-state index contributed by atoms with van der Waals surface area (Å²) in [5.41, 5.74) is 2.12. The first kappa shape index (κ1) is 10.2. The number of para-hydroxylation sites is 1. The van der Waals surface area contributed by atoms with E-state index < -0.39 is 6.10 Å². The Bertz CT molecular complexity index is 342. The molecule has 80 valence electrons. The zero-order valence-corrected chi connectivity index (χ0v) is 8.89. The molecule has 1 aromatic rings. The molecule has 2 rings (SSSR count). The number of rotatable bonds is 3. The third-order valence-corrected chi connectivity index (χ3v) is 2.93. The maximum atomic E-state index is 9.83. The van der Waals surface area contributed by atoms with Gasteiger partial charge in [0.15, 0.2) is 0 Å².